The number of halogens is 2. The molecule has 1 aromatic rings. The van der Waals surface area contributed by atoms with E-state index < -0.39 is 36.0 Å². The highest BCUT2D eigenvalue weighted by molar-refractivity contribution is 5.86. The number of nitrogens with one attached hydrogen (secondary N) is 1. The zero-order valence-electron chi connectivity index (χ0n) is 7.87. The van der Waals surface area contributed by atoms with E-state index in [2.05, 4.69) is 4.74 Å². The van der Waals surface area contributed by atoms with Crippen molar-refractivity contribution < 1.29 is 28.2 Å². The Labute approximate surface area is 88.6 Å². The van der Waals surface area contributed by atoms with E-state index in [0.717, 1.165) is 18.2 Å². The van der Waals surface area contributed by atoms with Crippen LogP contribution >= 0.6 is 0 Å². The fraction of sp³-hybridized carbons (Fsp3) is 0.111. The number of hydrogen-bond donors (Lipinski definition) is 2. The average molecular weight is 231 g/mol. The lowest BCUT2D eigenvalue weighted by molar-refractivity contribution is -0.140. The van der Waals surface area contributed by atoms with Gasteiger partial charge in [0.05, 0.1) is 0 Å². The van der Waals surface area contributed by atoms with Crippen LogP contribution in [0, 0.1) is 11.6 Å². The molecule has 0 atom stereocenters. The van der Waals surface area contributed by atoms with E-state index in [-0.39, 0.29) is 0 Å². The number of carboxylic acids is 1. The van der Waals surface area contributed by atoms with Crippen LogP contribution in [0.3, 0.4) is 0 Å². The van der Waals surface area contributed by atoms with Crippen molar-refractivity contribution in [3.05, 3.63) is 29.8 Å². The van der Waals surface area contributed by atoms with E-state index in [9.17, 15) is 18.4 Å². The summed E-state index contributed by atoms with van der Waals surface area (Å²) >= 11 is 0. The fourth-order valence-corrected chi connectivity index (χ4v) is 0.883. The molecule has 0 heterocycles. The number of aliphatic carboxylic acids is 1. The third-order valence-corrected chi connectivity index (χ3v) is 1.52. The predicted octanol–water partition coefficient (Wildman–Crippen LogP) is 1.60. The van der Waals surface area contributed by atoms with Gasteiger partial charge in [0, 0.05) is 0 Å². The summed E-state index contributed by atoms with van der Waals surface area (Å²) < 4.78 is 30.1. The smallest absolute Gasteiger partial charge is 0.412 e. The number of anilines is 1. The second-order valence-electron chi connectivity index (χ2n) is 2.69. The highest BCUT2D eigenvalue weighted by Crippen LogP contribution is 2.17. The highest BCUT2D eigenvalue weighted by Gasteiger charge is 2.13. The van der Waals surface area contributed by atoms with Crippen molar-refractivity contribution >= 4 is 17.7 Å². The highest BCUT2D eigenvalue weighted by atomic mass is 19.1. The number of amides is 1. The third-order valence-electron chi connectivity index (χ3n) is 1.52. The molecule has 0 aliphatic rings. The molecule has 0 fully saturated rings. The summed E-state index contributed by atoms with van der Waals surface area (Å²) in [5.74, 6) is -3.33. The Morgan fingerprint density at radius 1 is 1.31 bits per heavy atom. The maximum absolute atomic E-state index is 13.0. The van der Waals surface area contributed by atoms with Gasteiger partial charge in [-0.25, -0.2) is 18.4 Å². The first-order chi connectivity index (χ1) is 7.50. The first-order valence-corrected chi connectivity index (χ1v) is 4.10. The molecule has 0 bridgehead atoms. The lowest BCUT2D eigenvalue weighted by Crippen LogP contribution is -2.19. The Balaban J connectivity index is 2.66. The monoisotopic (exact) mass is 231 g/mol. The van der Waals surface area contributed by atoms with Crippen molar-refractivity contribution in [3.8, 4) is 0 Å². The molecule has 0 aliphatic heterocycles. The lowest BCUT2D eigenvalue weighted by atomic mass is 10.3. The van der Waals surface area contributed by atoms with Gasteiger partial charge in [-0.15, -0.1) is 0 Å². The van der Waals surface area contributed by atoms with Crippen molar-refractivity contribution in [1.29, 1.82) is 0 Å². The van der Waals surface area contributed by atoms with Crippen LogP contribution in [0.2, 0.25) is 0 Å². The van der Waals surface area contributed by atoms with Crippen LogP contribution < -0.4 is 5.32 Å². The molecule has 0 aromatic heterocycles. The van der Waals surface area contributed by atoms with Crippen LogP contribution in [0.4, 0.5) is 19.3 Å². The molecule has 16 heavy (non-hydrogen) atoms. The fourth-order valence-electron chi connectivity index (χ4n) is 0.883. The summed E-state index contributed by atoms with van der Waals surface area (Å²) in [5, 5.41) is 9.94. The largest absolute Gasteiger partial charge is 0.479 e. The van der Waals surface area contributed by atoms with E-state index in [1.54, 1.807) is 5.32 Å². The summed E-state index contributed by atoms with van der Waals surface area (Å²) in [7, 11) is 0. The zero-order chi connectivity index (χ0) is 12.1. The Morgan fingerprint density at radius 3 is 2.38 bits per heavy atom. The zero-order valence-corrected chi connectivity index (χ0v) is 7.87. The standard InChI is InChI=1S/C9H7F2NO4/c10-5-2-1-3-6(11)8(5)12-9(15)16-4-7(13)14/h1-3H,4H2,(H,12,15)(H,13,14). The van der Waals surface area contributed by atoms with Crippen LogP contribution in [0.15, 0.2) is 18.2 Å². The van der Waals surface area contributed by atoms with Crippen molar-refractivity contribution in [2.45, 2.75) is 0 Å². The van der Waals surface area contributed by atoms with Crippen LogP contribution in [-0.4, -0.2) is 23.8 Å². The number of rotatable bonds is 3. The van der Waals surface area contributed by atoms with E-state index in [4.69, 9.17) is 5.11 Å². The molecule has 0 spiro atoms. The van der Waals surface area contributed by atoms with Crippen LogP contribution in [-0.2, 0) is 9.53 Å². The summed E-state index contributed by atoms with van der Waals surface area (Å²) in [4.78, 5) is 20.9. The van der Waals surface area contributed by atoms with Crippen molar-refractivity contribution in [3.63, 3.8) is 0 Å². The average Bonchev–Trinajstić information content (AvgIpc) is 2.21. The van der Waals surface area contributed by atoms with Crippen LogP contribution in [0.1, 0.15) is 0 Å². The van der Waals surface area contributed by atoms with Gasteiger partial charge in [-0.3, -0.25) is 5.32 Å². The molecular formula is C9H7F2NO4. The van der Waals surface area contributed by atoms with E-state index in [0.29, 0.717) is 0 Å². The second-order valence-corrected chi connectivity index (χ2v) is 2.69. The molecule has 0 aliphatic carbocycles. The topological polar surface area (TPSA) is 75.6 Å². The summed E-state index contributed by atoms with van der Waals surface area (Å²) in [6, 6.07) is 3.00. The van der Waals surface area contributed by atoms with Crippen molar-refractivity contribution in [2.24, 2.45) is 0 Å². The molecule has 5 nitrogen and oxygen atoms in total. The number of carboxylic acid groups (broad SMARTS) is 1. The van der Waals surface area contributed by atoms with Crippen molar-refractivity contribution in [2.75, 3.05) is 11.9 Å². The Hall–Kier alpha value is -2.18. The lowest BCUT2D eigenvalue weighted by Gasteiger charge is -2.06. The first-order valence-electron chi connectivity index (χ1n) is 4.10. The molecule has 0 unspecified atom stereocenters. The normalized spacial score (nSPS) is 9.62. The van der Waals surface area contributed by atoms with Crippen molar-refractivity contribution in [1.82, 2.24) is 0 Å². The van der Waals surface area contributed by atoms with Gasteiger partial charge in [0.2, 0.25) is 0 Å². The van der Waals surface area contributed by atoms with Crippen LogP contribution in [0.25, 0.3) is 0 Å². The number of carbonyl (C=O) groups is 2. The predicted molar refractivity (Wildman–Crippen MR) is 49.0 cm³/mol. The van der Waals surface area contributed by atoms with E-state index in [1.165, 1.54) is 0 Å². The molecule has 1 aromatic carbocycles. The molecule has 2 N–H and O–H groups in total. The molecule has 0 saturated carbocycles. The summed E-state index contributed by atoms with van der Waals surface area (Å²) in [5.41, 5.74) is -0.683. The van der Waals surface area contributed by atoms with Gasteiger partial charge in [0.15, 0.2) is 6.61 Å². The second kappa shape index (κ2) is 5.06. The first kappa shape index (κ1) is 11.9. The Morgan fingerprint density at radius 2 is 1.88 bits per heavy atom. The van der Waals surface area contributed by atoms with Gasteiger partial charge < -0.3 is 9.84 Å². The minimum atomic E-state index is -1.37. The number of carbonyl (C=O) groups excluding carboxylic acids is 1. The molecule has 86 valence electrons. The molecule has 7 heteroatoms. The molecular weight excluding hydrogens is 224 g/mol. The van der Waals surface area contributed by atoms with Gasteiger partial charge in [0.25, 0.3) is 0 Å². The molecule has 1 rings (SSSR count). The van der Waals surface area contributed by atoms with Gasteiger partial charge in [-0.2, -0.15) is 0 Å². The van der Waals surface area contributed by atoms with Gasteiger partial charge in [-0.05, 0) is 12.1 Å². The summed E-state index contributed by atoms with van der Waals surface area (Å²) in [6.07, 6.45) is -1.24. The number of hydrogen-bond acceptors (Lipinski definition) is 3. The minimum Gasteiger partial charge on any atom is -0.479 e. The molecule has 0 saturated heterocycles. The molecule has 1 amide bonds. The van der Waals surface area contributed by atoms with Gasteiger partial charge >= 0.3 is 12.1 Å². The maximum Gasteiger partial charge on any atom is 0.412 e. The number of ether oxygens (including phenoxy) is 1. The Kier molecular flexibility index (Phi) is 3.76. The number of para-hydroxylation sites is 1. The van der Waals surface area contributed by atoms with E-state index >= 15 is 0 Å². The van der Waals surface area contributed by atoms with E-state index in [1.807, 2.05) is 0 Å². The van der Waals surface area contributed by atoms with Crippen LogP contribution in [0.5, 0.6) is 0 Å². The Bertz CT molecular complexity index is 402. The molecule has 0 radical (unpaired) electrons. The maximum atomic E-state index is 13.0. The third kappa shape index (κ3) is 3.19. The van der Waals surface area contributed by atoms with Gasteiger partial charge in [-0.1, -0.05) is 6.07 Å². The minimum absolute atomic E-state index is 0.683. The number of benzene rings is 1. The summed E-state index contributed by atoms with van der Waals surface area (Å²) in [6.45, 7) is -0.887. The van der Waals surface area contributed by atoms with Gasteiger partial charge in [0.1, 0.15) is 17.3 Å². The quantitative estimate of drug-likeness (QED) is 0.828. The SMILES string of the molecule is O=C(O)COC(=O)Nc1c(F)cccc1F.